The fourth-order valence-electron chi connectivity index (χ4n) is 1.65. The van der Waals surface area contributed by atoms with Crippen LogP contribution in [-0.2, 0) is 6.54 Å². The van der Waals surface area contributed by atoms with Crippen LogP contribution in [0.1, 0.15) is 30.9 Å². The van der Waals surface area contributed by atoms with Gasteiger partial charge in [0.25, 0.3) is 0 Å². The Labute approximate surface area is 111 Å². The fourth-order valence-corrected chi connectivity index (χ4v) is 1.65. The molecule has 0 fully saturated rings. The Hall–Kier alpha value is -1.66. The molecule has 0 aromatic heterocycles. The zero-order valence-electron chi connectivity index (χ0n) is 10.9. The maximum absolute atomic E-state index is 13.7. The molecule has 5 N–H and O–H groups in total. The lowest BCUT2D eigenvalue weighted by Gasteiger charge is -2.08. The zero-order valence-corrected chi connectivity index (χ0v) is 10.9. The number of nitrogens with two attached hydrogens (primary N) is 1. The molecule has 1 aromatic rings. The van der Waals surface area contributed by atoms with Gasteiger partial charge >= 0.3 is 0 Å². The molecule has 0 saturated carbocycles. The van der Waals surface area contributed by atoms with Gasteiger partial charge in [0.2, 0.25) is 0 Å². The van der Waals surface area contributed by atoms with Gasteiger partial charge in [-0.2, -0.15) is 0 Å². The molecule has 106 valence electrons. The lowest BCUT2D eigenvalue weighted by Crippen LogP contribution is -2.18. The standard InChI is InChI=1S/C13H20FN3O2/c1-9(18)3-2-6-16-8-11-5-4-10(7-12(11)14)13(15)17-19/h4-5,7,9,16,18-19H,2-3,6,8H2,1H3,(H2,15,17). The largest absolute Gasteiger partial charge is 0.409 e. The van der Waals surface area contributed by atoms with Crippen molar-refractivity contribution in [3.05, 3.63) is 35.1 Å². The van der Waals surface area contributed by atoms with Gasteiger partial charge in [-0.3, -0.25) is 0 Å². The van der Waals surface area contributed by atoms with Crippen molar-refractivity contribution in [3.8, 4) is 0 Å². The van der Waals surface area contributed by atoms with Gasteiger partial charge in [-0.25, -0.2) is 4.39 Å². The van der Waals surface area contributed by atoms with E-state index in [9.17, 15) is 4.39 Å². The lowest BCUT2D eigenvalue weighted by molar-refractivity contribution is 0.181. The number of oxime groups is 1. The predicted octanol–water partition coefficient (Wildman–Crippen LogP) is 1.17. The average molecular weight is 269 g/mol. The van der Waals surface area contributed by atoms with Gasteiger partial charge in [0.05, 0.1) is 6.10 Å². The van der Waals surface area contributed by atoms with Crippen molar-refractivity contribution in [2.45, 2.75) is 32.4 Å². The molecule has 19 heavy (non-hydrogen) atoms. The van der Waals surface area contributed by atoms with E-state index in [1.54, 1.807) is 19.1 Å². The van der Waals surface area contributed by atoms with Crippen molar-refractivity contribution in [3.63, 3.8) is 0 Å². The minimum absolute atomic E-state index is 0.115. The third-order valence-corrected chi connectivity index (χ3v) is 2.75. The highest BCUT2D eigenvalue weighted by atomic mass is 19.1. The molecular formula is C13H20FN3O2. The molecule has 6 heteroatoms. The molecule has 1 rings (SSSR count). The van der Waals surface area contributed by atoms with Crippen LogP contribution in [0, 0.1) is 5.82 Å². The average Bonchev–Trinajstić information content (AvgIpc) is 2.38. The Morgan fingerprint density at radius 1 is 1.53 bits per heavy atom. The van der Waals surface area contributed by atoms with Gasteiger partial charge < -0.3 is 21.4 Å². The van der Waals surface area contributed by atoms with Gasteiger partial charge in [0, 0.05) is 17.7 Å². The number of hydrogen-bond donors (Lipinski definition) is 4. The van der Waals surface area contributed by atoms with E-state index in [-0.39, 0.29) is 11.9 Å². The summed E-state index contributed by atoms with van der Waals surface area (Å²) in [6, 6.07) is 4.44. The van der Waals surface area contributed by atoms with Crippen molar-refractivity contribution in [2.24, 2.45) is 10.9 Å². The van der Waals surface area contributed by atoms with Crippen molar-refractivity contribution in [1.82, 2.24) is 5.32 Å². The Kier molecular flexibility index (Phi) is 6.24. The normalized spacial score (nSPS) is 13.5. The fraction of sp³-hybridized carbons (Fsp3) is 0.462. The van der Waals surface area contributed by atoms with Gasteiger partial charge in [0.15, 0.2) is 5.84 Å². The van der Waals surface area contributed by atoms with E-state index in [1.165, 1.54) is 6.07 Å². The number of nitrogens with zero attached hydrogens (tertiary/aromatic N) is 1. The monoisotopic (exact) mass is 269 g/mol. The van der Waals surface area contributed by atoms with Crippen LogP contribution in [0.3, 0.4) is 0 Å². The Morgan fingerprint density at radius 2 is 2.26 bits per heavy atom. The lowest BCUT2D eigenvalue weighted by atomic mass is 10.1. The van der Waals surface area contributed by atoms with Crippen molar-refractivity contribution >= 4 is 5.84 Å². The van der Waals surface area contributed by atoms with Gasteiger partial charge in [-0.15, -0.1) is 0 Å². The van der Waals surface area contributed by atoms with Crippen LogP contribution >= 0.6 is 0 Å². The second-order valence-corrected chi connectivity index (χ2v) is 4.46. The van der Waals surface area contributed by atoms with Crippen LogP contribution in [0.2, 0.25) is 0 Å². The van der Waals surface area contributed by atoms with E-state index in [0.717, 1.165) is 12.8 Å². The summed E-state index contributed by atoms with van der Waals surface area (Å²) in [5.41, 5.74) is 6.24. The quantitative estimate of drug-likeness (QED) is 0.197. The van der Waals surface area contributed by atoms with Gasteiger partial charge in [-0.1, -0.05) is 17.3 Å². The van der Waals surface area contributed by atoms with Crippen LogP contribution in [0.5, 0.6) is 0 Å². The number of nitrogens with one attached hydrogen (secondary N) is 1. The number of amidine groups is 1. The summed E-state index contributed by atoms with van der Waals surface area (Å²) in [6.45, 7) is 2.86. The second-order valence-electron chi connectivity index (χ2n) is 4.46. The first-order valence-electron chi connectivity index (χ1n) is 6.19. The highest BCUT2D eigenvalue weighted by Gasteiger charge is 2.06. The highest BCUT2D eigenvalue weighted by Crippen LogP contribution is 2.10. The van der Waals surface area contributed by atoms with Gasteiger partial charge in [-0.05, 0) is 32.4 Å². The predicted molar refractivity (Wildman–Crippen MR) is 71.5 cm³/mol. The van der Waals surface area contributed by atoms with Crippen LogP contribution in [0.25, 0.3) is 0 Å². The molecule has 0 saturated heterocycles. The Morgan fingerprint density at radius 3 is 2.84 bits per heavy atom. The first-order chi connectivity index (χ1) is 9.04. The summed E-state index contributed by atoms with van der Waals surface area (Å²) in [6.07, 6.45) is 1.25. The minimum atomic E-state index is -0.396. The summed E-state index contributed by atoms with van der Waals surface area (Å²) in [7, 11) is 0. The molecule has 0 amide bonds. The number of aliphatic hydroxyl groups excluding tert-OH is 1. The first kappa shape index (κ1) is 15.4. The summed E-state index contributed by atoms with van der Waals surface area (Å²) in [5.74, 6) is -0.512. The smallest absolute Gasteiger partial charge is 0.170 e. The van der Waals surface area contributed by atoms with Gasteiger partial charge in [0.1, 0.15) is 5.82 Å². The Bertz CT molecular complexity index is 436. The number of hydrogen-bond acceptors (Lipinski definition) is 4. The maximum atomic E-state index is 13.7. The SMILES string of the molecule is CC(O)CCCNCc1ccc(/C(N)=N/O)cc1F. The van der Waals surface area contributed by atoms with Crippen molar-refractivity contribution in [2.75, 3.05) is 6.54 Å². The van der Waals surface area contributed by atoms with E-state index < -0.39 is 5.82 Å². The van der Waals surface area contributed by atoms with Crippen LogP contribution in [0.15, 0.2) is 23.4 Å². The summed E-state index contributed by atoms with van der Waals surface area (Å²) in [5, 5.41) is 23.5. The zero-order chi connectivity index (χ0) is 14.3. The number of aliphatic hydroxyl groups is 1. The summed E-state index contributed by atoms with van der Waals surface area (Å²) in [4.78, 5) is 0. The molecule has 5 nitrogen and oxygen atoms in total. The van der Waals surface area contributed by atoms with E-state index in [2.05, 4.69) is 10.5 Å². The van der Waals surface area contributed by atoms with Crippen LogP contribution in [-0.4, -0.2) is 28.8 Å². The van der Waals surface area contributed by atoms with E-state index >= 15 is 0 Å². The van der Waals surface area contributed by atoms with Crippen molar-refractivity contribution < 1.29 is 14.7 Å². The topological polar surface area (TPSA) is 90.9 Å². The number of benzene rings is 1. The maximum Gasteiger partial charge on any atom is 0.170 e. The number of rotatable bonds is 7. The second kappa shape index (κ2) is 7.70. The molecular weight excluding hydrogens is 249 g/mol. The molecule has 1 unspecified atom stereocenters. The van der Waals surface area contributed by atoms with Crippen molar-refractivity contribution in [1.29, 1.82) is 0 Å². The molecule has 1 atom stereocenters. The van der Waals surface area contributed by atoms with Crippen LogP contribution in [0.4, 0.5) is 4.39 Å². The molecule has 0 aliphatic rings. The Balaban J connectivity index is 2.47. The third-order valence-electron chi connectivity index (χ3n) is 2.75. The summed E-state index contributed by atoms with van der Waals surface area (Å²) >= 11 is 0. The molecule has 1 aromatic carbocycles. The minimum Gasteiger partial charge on any atom is -0.409 e. The molecule has 0 spiro atoms. The molecule has 0 aliphatic heterocycles. The molecule has 0 heterocycles. The molecule has 0 radical (unpaired) electrons. The first-order valence-corrected chi connectivity index (χ1v) is 6.19. The van der Waals surface area contributed by atoms with E-state index in [4.69, 9.17) is 16.0 Å². The van der Waals surface area contributed by atoms with E-state index in [0.29, 0.717) is 24.2 Å². The third kappa shape index (κ3) is 5.23. The number of halogens is 1. The molecule has 0 aliphatic carbocycles. The summed E-state index contributed by atoms with van der Waals surface area (Å²) < 4.78 is 13.7. The van der Waals surface area contributed by atoms with E-state index in [1.807, 2.05) is 0 Å². The highest BCUT2D eigenvalue weighted by molar-refractivity contribution is 5.97. The molecule has 0 bridgehead atoms. The van der Waals surface area contributed by atoms with Crippen LogP contribution < -0.4 is 11.1 Å².